The van der Waals surface area contributed by atoms with Gasteiger partial charge in [-0.15, -0.1) is 0 Å². The summed E-state index contributed by atoms with van der Waals surface area (Å²) in [4.78, 5) is 13.1. The molecule has 8 heavy (non-hydrogen) atoms. The van der Waals surface area contributed by atoms with Crippen molar-refractivity contribution in [3.05, 3.63) is 28.7 Å². The molecule has 0 amide bonds. The van der Waals surface area contributed by atoms with Crippen LogP contribution < -0.4 is 10.9 Å². The predicted octanol–water partition coefficient (Wildman–Crippen LogP) is -0.125. The van der Waals surface area contributed by atoms with Crippen molar-refractivity contribution in [1.29, 1.82) is 0 Å². The molecule has 0 aliphatic heterocycles. The van der Waals surface area contributed by atoms with Crippen LogP contribution in [0.15, 0.2) is 23.1 Å². The number of aromatic nitrogens is 1. The fourth-order valence-electron chi connectivity index (χ4n) is 0.435. The SMILES string of the molecule is O=c1[nH]cccc1P. The fourth-order valence-corrected chi connectivity index (χ4v) is 0.629. The lowest BCUT2D eigenvalue weighted by atomic mass is 10.5. The molecule has 0 spiro atoms. The van der Waals surface area contributed by atoms with E-state index in [0.717, 1.165) is 0 Å². The van der Waals surface area contributed by atoms with E-state index in [1.54, 1.807) is 18.3 Å². The van der Waals surface area contributed by atoms with E-state index in [9.17, 15) is 4.79 Å². The third-order valence-corrected chi connectivity index (χ3v) is 1.30. The van der Waals surface area contributed by atoms with E-state index in [1.165, 1.54) is 0 Å². The summed E-state index contributed by atoms with van der Waals surface area (Å²) < 4.78 is 0. The highest BCUT2D eigenvalue weighted by Crippen LogP contribution is 1.76. The minimum absolute atomic E-state index is 0.0440. The van der Waals surface area contributed by atoms with E-state index in [1.807, 2.05) is 0 Å². The van der Waals surface area contributed by atoms with Crippen LogP contribution in [0.25, 0.3) is 0 Å². The molecule has 1 heterocycles. The molecule has 0 saturated heterocycles. The highest BCUT2D eigenvalue weighted by molar-refractivity contribution is 7.27. The minimum atomic E-state index is -0.0440. The molecule has 0 fully saturated rings. The summed E-state index contributed by atoms with van der Waals surface area (Å²) in [5.74, 6) is 0. The maximum Gasteiger partial charge on any atom is 0.255 e. The van der Waals surface area contributed by atoms with Crippen LogP contribution in [0.5, 0.6) is 0 Å². The van der Waals surface area contributed by atoms with Crippen LogP contribution in [0.3, 0.4) is 0 Å². The molecule has 0 radical (unpaired) electrons. The topological polar surface area (TPSA) is 32.9 Å². The van der Waals surface area contributed by atoms with Crippen molar-refractivity contribution in [2.45, 2.75) is 0 Å². The van der Waals surface area contributed by atoms with Gasteiger partial charge in [0.1, 0.15) is 0 Å². The van der Waals surface area contributed by atoms with Gasteiger partial charge in [0.05, 0.1) is 0 Å². The average Bonchev–Trinajstić information content (AvgIpc) is 1.77. The summed E-state index contributed by atoms with van der Waals surface area (Å²) in [6, 6.07) is 3.52. The molecule has 1 atom stereocenters. The van der Waals surface area contributed by atoms with Gasteiger partial charge in [0.25, 0.3) is 5.56 Å². The molecule has 2 nitrogen and oxygen atoms in total. The summed E-state index contributed by atoms with van der Waals surface area (Å²) in [6.07, 6.45) is 1.61. The minimum Gasteiger partial charge on any atom is -0.329 e. The van der Waals surface area contributed by atoms with Gasteiger partial charge in [0, 0.05) is 11.5 Å². The third kappa shape index (κ3) is 0.958. The molecule has 1 unspecified atom stereocenters. The molecule has 1 aromatic heterocycles. The Morgan fingerprint density at radius 3 is 2.75 bits per heavy atom. The van der Waals surface area contributed by atoms with Crippen LogP contribution in [0, 0.1) is 0 Å². The standard InChI is InChI=1S/C5H6NOP/c7-5-4(8)2-1-3-6-5/h1-3H,8H2,(H,6,7). The van der Waals surface area contributed by atoms with Gasteiger partial charge in [-0.2, -0.15) is 0 Å². The largest absolute Gasteiger partial charge is 0.329 e. The molecule has 1 rings (SSSR count). The van der Waals surface area contributed by atoms with Crippen LogP contribution in [-0.2, 0) is 0 Å². The summed E-state index contributed by atoms with van der Waals surface area (Å²) in [6.45, 7) is 0. The van der Waals surface area contributed by atoms with Gasteiger partial charge in [-0.05, 0) is 12.1 Å². The van der Waals surface area contributed by atoms with Crippen molar-refractivity contribution < 1.29 is 0 Å². The van der Waals surface area contributed by atoms with Gasteiger partial charge < -0.3 is 4.98 Å². The van der Waals surface area contributed by atoms with Gasteiger partial charge in [0.2, 0.25) is 0 Å². The first kappa shape index (κ1) is 5.52. The lowest BCUT2D eigenvalue weighted by molar-refractivity contribution is 1.27. The van der Waals surface area contributed by atoms with E-state index < -0.39 is 0 Å². The number of aromatic amines is 1. The molecular formula is C5H6NOP. The molecule has 1 aromatic rings. The fraction of sp³-hybridized carbons (Fsp3) is 0. The van der Waals surface area contributed by atoms with Crippen LogP contribution in [0.1, 0.15) is 0 Å². The lowest BCUT2D eigenvalue weighted by Gasteiger charge is -1.83. The van der Waals surface area contributed by atoms with Crippen molar-refractivity contribution in [1.82, 2.24) is 4.98 Å². The van der Waals surface area contributed by atoms with E-state index in [4.69, 9.17) is 0 Å². The summed E-state index contributed by atoms with van der Waals surface area (Å²) in [5.41, 5.74) is -0.0440. The van der Waals surface area contributed by atoms with E-state index in [2.05, 4.69) is 14.2 Å². The Morgan fingerprint density at radius 2 is 2.38 bits per heavy atom. The number of nitrogens with one attached hydrogen (secondary N) is 1. The zero-order valence-electron chi connectivity index (χ0n) is 4.22. The maximum absolute atomic E-state index is 10.5. The molecule has 0 aliphatic rings. The number of H-pyrrole nitrogens is 1. The zero-order chi connectivity index (χ0) is 5.98. The van der Waals surface area contributed by atoms with Gasteiger partial charge in [-0.25, -0.2) is 0 Å². The predicted molar refractivity (Wildman–Crippen MR) is 36.4 cm³/mol. The average molecular weight is 127 g/mol. The Balaban J connectivity index is 3.35. The Labute approximate surface area is 49.1 Å². The molecule has 0 saturated carbocycles. The van der Waals surface area contributed by atoms with E-state index in [0.29, 0.717) is 5.30 Å². The number of rotatable bonds is 0. The van der Waals surface area contributed by atoms with E-state index in [-0.39, 0.29) is 5.56 Å². The normalized spacial score (nSPS) is 9.12. The summed E-state index contributed by atoms with van der Waals surface area (Å²) in [7, 11) is 2.34. The summed E-state index contributed by atoms with van der Waals surface area (Å²) >= 11 is 0. The molecular weight excluding hydrogens is 121 g/mol. The Morgan fingerprint density at radius 1 is 1.62 bits per heavy atom. The molecule has 0 aromatic carbocycles. The first-order valence-corrected chi connectivity index (χ1v) is 2.81. The first-order chi connectivity index (χ1) is 3.80. The molecule has 42 valence electrons. The van der Waals surface area contributed by atoms with Crippen LogP contribution >= 0.6 is 9.24 Å². The molecule has 3 heteroatoms. The highest BCUT2D eigenvalue weighted by Gasteiger charge is 1.83. The summed E-state index contributed by atoms with van der Waals surface area (Å²) in [5, 5.41) is 0.674. The van der Waals surface area contributed by atoms with Crippen molar-refractivity contribution in [2.24, 2.45) is 0 Å². The van der Waals surface area contributed by atoms with Gasteiger partial charge in [-0.1, -0.05) is 9.24 Å². The second kappa shape index (κ2) is 2.10. The number of hydrogen-bond donors (Lipinski definition) is 1. The monoisotopic (exact) mass is 127 g/mol. The Bertz CT molecular complexity index is 230. The van der Waals surface area contributed by atoms with Crippen LogP contribution in [0.2, 0.25) is 0 Å². The first-order valence-electron chi connectivity index (χ1n) is 2.24. The second-order valence-corrected chi connectivity index (χ2v) is 2.08. The smallest absolute Gasteiger partial charge is 0.255 e. The number of hydrogen-bond acceptors (Lipinski definition) is 1. The van der Waals surface area contributed by atoms with Crippen molar-refractivity contribution in [3.8, 4) is 0 Å². The lowest BCUT2D eigenvalue weighted by Crippen LogP contribution is -2.18. The van der Waals surface area contributed by atoms with Gasteiger partial charge >= 0.3 is 0 Å². The van der Waals surface area contributed by atoms with Gasteiger partial charge in [0.15, 0.2) is 0 Å². The van der Waals surface area contributed by atoms with Crippen molar-refractivity contribution in [3.63, 3.8) is 0 Å². The molecule has 0 aliphatic carbocycles. The highest BCUT2D eigenvalue weighted by atomic mass is 31.0. The Kier molecular flexibility index (Phi) is 1.45. The second-order valence-electron chi connectivity index (χ2n) is 1.45. The molecule has 1 N–H and O–H groups in total. The van der Waals surface area contributed by atoms with Crippen LogP contribution in [-0.4, -0.2) is 4.98 Å². The Hall–Kier alpha value is -0.620. The molecule has 0 bridgehead atoms. The van der Waals surface area contributed by atoms with Crippen LogP contribution in [0.4, 0.5) is 0 Å². The van der Waals surface area contributed by atoms with Crippen molar-refractivity contribution >= 4 is 14.5 Å². The number of pyridine rings is 1. The quantitative estimate of drug-likeness (QED) is 0.484. The van der Waals surface area contributed by atoms with E-state index >= 15 is 0 Å². The van der Waals surface area contributed by atoms with Gasteiger partial charge in [-0.3, -0.25) is 4.79 Å². The maximum atomic E-state index is 10.5. The van der Waals surface area contributed by atoms with Crippen molar-refractivity contribution in [2.75, 3.05) is 0 Å². The zero-order valence-corrected chi connectivity index (χ0v) is 5.37. The third-order valence-electron chi connectivity index (χ3n) is 0.849.